The van der Waals surface area contributed by atoms with Crippen LogP contribution in [0, 0.1) is 12.8 Å². The minimum atomic E-state index is -3.99. The number of pyridine rings is 1. The van der Waals surface area contributed by atoms with Crippen LogP contribution in [0.4, 0.5) is 5.69 Å². The van der Waals surface area contributed by atoms with Crippen molar-refractivity contribution in [2.24, 2.45) is 5.92 Å². The summed E-state index contributed by atoms with van der Waals surface area (Å²) >= 11 is 6.10. The van der Waals surface area contributed by atoms with Crippen molar-refractivity contribution >= 4 is 44.1 Å². The van der Waals surface area contributed by atoms with Gasteiger partial charge in [-0.3, -0.25) is 14.3 Å². The number of amides is 1. The standard InChI is InChI=1S/C24H26ClN3O4S/c1-14-6-3-4-8-20(14)27-24(30)18-13-26-22-11-10-16(12-17(22)23(18)29)33(31,32)28-21-9-5-7-19(25)15(21)2/h5,7,9-14,20,28H,3-4,6,8H2,1-2H3,(H,26,29)(H,27,30)/t14-,20-/m0/s1. The molecule has 0 unspecified atom stereocenters. The Morgan fingerprint density at radius 3 is 2.67 bits per heavy atom. The summed E-state index contributed by atoms with van der Waals surface area (Å²) in [7, 11) is -3.99. The number of anilines is 1. The Bertz CT molecular complexity index is 1380. The molecule has 1 fully saturated rings. The van der Waals surface area contributed by atoms with Gasteiger partial charge < -0.3 is 10.3 Å². The van der Waals surface area contributed by atoms with Gasteiger partial charge in [-0.1, -0.05) is 37.4 Å². The van der Waals surface area contributed by atoms with Crippen molar-refractivity contribution in [3.8, 4) is 0 Å². The van der Waals surface area contributed by atoms with E-state index in [0.29, 0.717) is 27.7 Å². The third-order valence-electron chi connectivity index (χ3n) is 6.35. The van der Waals surface area contributed by atoms with Gasteiger partial charge in [0, 0.05) is 28.2 Å². The van der Waals surface area contributed by atoms with Gasteiger partial charge in [0.05, 0.1) is 10.6 Å². The van der Waals surface area contributed by atoms with E-state index in [4.69, 9.17) is 11.6 Å². The number of halogens is 1. The molecule has 1 saturated carbocycles. The highest BCUT2D eigenvalue weighted by atomic mass is 35.5. The van der Waals surface area contributed by atoms with Crippen LogP contribution >= 0.6 is 11.6 Å². The molecule has 0 radical (unpaired) electrons. The van der Waals surface area contributed by atoms with Crippen LogP contribution in [0.3, 0.4) is 0 Å². The number of H-pyrrole nitrogens is 1. The lowest BCUT2D eigenvalue weighted by atomic mass is 9.86. The van der Waals surface area contributed by atoms with E-state index >= 15 is 0 Å². The first-order valence-electron chi connectivity index (χ1n) is 10.9. The number of rotatable bonds is 5. The second-order valence-electron chi connectivity index (χ2n) is 8.60. The van der Waals surface area contributed by atoms with Gasteiger partial charge in [-0.2, -0.15) is 0 Å². The molecule has 0 saturated heterocycles. The average molecular weight is 488 g/mol. The van der Waals surface area contributed by atoms with E-state index in [0.717, 1.165) is 25.7 Å². The zero-order valence-corrected chi connectivity index (χ0v) is 20.0. The molecule has 4 rings (SSSR count). The number of hydrogen-bond donors (Lipinski definition) is 3. The summed E-state index contributed by atoms with van der Waals surface area (Å²) in [6.07, 6.45) is 5.50. The van der Waals surface area contributed by atoms with Crippen LogP contribution in [0.1, 0.15) is 48.5 Å². The summed E-state index contributed by atoms with van der Waals surface area (Å²) < 4.78 is 28.5. The van der Waals surface area contributed by atoms with Crippen LogP contribution in [0.2, 0.25) is 5.02 Å². The molecule has 9 heteroatoms. The fraction of sp³-hybridized carbons (Fsp3) is 0.333. The highest BCUT2D eigenvalue weighted by molar-refractivity contribution is 7.92. The van der Waals surface area contributed by atoms with E-state index in [1.54, 1.807) is 25.1 Å². The lowest BCUT2D eigenvalue weighted by Gasteiger charge is -2.29. The molecular weight excluding hydrogens is 462 g/mol. The van der Waals surface area contributed by atoms with Crippen molar-refractivity contribution in [2.45, 2.75) is 50.5 Å². The summed E-state index contributed by atoms with van der Waals surface area (Å²) in [5.74, 6) is -0.0992. The first kappa shape index (κ1) is 23.3. The first-order chi connectivity index (χ1) is 15.7. The van der Waals surface area contributed by atoms with E-state index in [9.17, 15) is 18.0 Å². The largest absolute Gasteiger partial charge is 0.360 e. The molecule has 1 aliphatic rings. The van der Waals surface area contributed by atoms with Crippen LogP contribution in [0.15, 0.2) is 52.3 Å². The maximum Gasteiger partial charge on any atom is 0.261 e. The number of sulfonamides is 1. The number of aromatic amines is 1. The second-order valence-corrected chi connectivity index (χ2v) is 10.7. The highest BCUT2D eigenvalue weighted by Gasteiger charge is 2.25. The normalized spacial score (nSPS) is 18.8. The summed E-state index contributed by atoms with van der Waals surface area (Å²) in [5.41, 5.74) is 0.846. The van der Waals surface area contributed by atoms with Gasteiger partial charge in [0.15, 0.2) is 0 Å². The fourth-order valence-corrected chi connectivity index (χ4v) is 5.56. The van der Waals surface area contributed by atoms with E-state index < -0.39 is 21.4 Å². The van der Waals surface area contributed by atoms with Crippen molar-refractivity contribution in [3.63, 3.8) is 0 Å². The Labute approximate surface area is 197 Å². The number of fused-ring (bicyclic) bond motifs is 1. The van der Waals surface area contributed by atoms with E-state index in [1.165, 1.54) is 24.4 Å². The van der Waals surface area contributed by atoms with Crippen LogP contribution < -0.4 is 15.5 Å². The SMILES string of the molecule is Cc1c(Cl)cccc1NS(=O)(=O)c1ccc2[nH]cc(C(=O)N[C@H]3CCCC[C@@H]3C)c(=O)c2c1. The van der Waals surface area contributed by atoms with Gasteiger partial charge in [-0.25, -0.2) is 8.42 Å². The van der Waals surface area contributed by atoms with E-state index in [-0.39, 0.29) is 21.9 Å². The maximum absolute atomic E-state index is 13.1. The molecule has 1 aromatic heterocycles. The number of nitrogens with one attached hydrogen (secondary N) is 3. The van der Waals surface area contributed by atoms with E-state index in [2.05, 4.69) is 21.9 Å². The van der Waals surface area contributed by atoms with Gasteiger partial charge in [0.25, 0.3) is 15.9 Å². The van der Waals surface area contributed by atoms with Gasteiger partial charge in [-0.15, -0.1) is 0 Å². The molecule has 0 aliphatic heterocycles. The van der Waals surface area contributed by atoms with Crippen molar-refractivity contribution < 1.29 is 13.2 Å². The average Bonchev–Trinajstić information content (AvgIpc) is 2.78. The number of carbonyl (C=O) groups is 1. The quantitative estimate of drug-likeness (QED) is 0.488. The lowest BCUT2D eigenvalue weighted by molar-refractivity contribution is 0.0909. The third kappa shape index (κ3) is 4.77. The zero-order valence-electron chi connectivity index (χ0n) is 18.4. The first-order valence-corrected chi connectivity index (χ1v) is 12.8. The Balaban J connectivity index is 1.66. The molecule has 33 heavy (non-hydrogen) atoms. The molecule has 2 aromatic carbocycles. The predicted molar refractivity (Wildman–Crippen MR) is 130 cm³/mol. The number of hydrogen-bond acceptors (Lipinski definition) is 4. The molecule has 1 heterocycles. The van der Waals surface area contributed by atoms with Gasteiger partial charge in [0.2, 0.25) is 5.43 Å². The maximum atomic E-state index is 13.1. The Morgan fingerprint density at radius 2 is 1.91 bits per heavy atom. The molecule has 3 aromatic rings. The second kappa shape index (κ2) is 9.19. The summed E-state index contributed by atoms with van der Waals surface area (Å²) in [5, 5.41) is 3.55. The van der Waals surface area contributed by atoms with Crippen molar-refractivity contribution in [3.05, 3.63) is 69.0 Å². The molecule has 1 amide bonds. The zero-order chi connectivity index (χ0) is 23.8. The molecule has 0 spiro atoms. The Morgan fingerprint density at radius 1 is 1.15 bits per heavy atom. The monoisotopic (exact) mass is 487 g/mol. The van der Waals surface area contributed by atoms with E-state index in [1.807, 2.05) is 0 Å². The van der Waals surface area contributed by atoms with Gasteiger partial charge >= 0.3 is 0 Å². The molecular formula is C24H26ClN3O4S. The number of carbonyl (C=O) groups excluding carboxylic acids is 1. The Hall–Kier alpha value is -2.84. The molecule has 1 aliphatic carbocycles. The number of aromatic nitrogens is 1. The van der Waals surface area contributed by atoms with Gasteiger partial charge in [0.1, 0.15) is 5.56 Å². The predicted octanol–water partition coefficient (Wildman–Crippen LogP) is 4.60. The Kier molecular flexibility index (Phi) is 6.50. The highest BCUT2D eigenvalue weighted by Crippen LogP contribution is 2.26. The molecule has 0 bridgehead atoms. The summed E-state index contributed by atoms with van der Waals surface area (Å²) in [6, 6.07) is 9.17. The fourth-order valence-electron chi connectivity index (χ4n) is 4.23. The topological polar surface area (TPSA) is 108 Å². The molecule has 174 valence electrons. The van der Waals surface area contributed by atoms with Crippen molar-refractivity contribution in [2.75, 3.05) is 4.72 Å². The summed E-state index contributed by atoms with van der Waals surface area (Å²) in [6.45, 7) is 3.81. The third-order valence-corrected chi connectivity index (χ3v) is 8.12. The molecule has 7 nitrogen and oxygen atoms in total. The van der Waals surface area contributed by atoms with Crippen LogP contribution in [0.5, 0.6) is 0 Å². The van der Waals surface area contributed by atoms with Gasteiger partial charge in [-0.05, 0) is 61.6 Å². The molecule has 3 N–H and O–H groups in total. The molecule has 2 atom stereocenters. The van der Waals surface area contributed by atoms with Crippen LogP contribution in [-0.2, 0) is 10.0 Å². The van der Waals surface area contributed by atoms with Crippen molar-refractivity contribution in [1.29, 1.82) is 0 Å². The number of benzene rings is 2. The van der Waals surface area contributed by atoms with Crippen molar-refractivity contribution in [1.82, 2.24) is 10.3 Å². The smallest absolute Gasteiger partial charge is 0.261 e. The lowest BCUT2D eigenvalue weighted by Crippen LogP contribution is -2.42. The van der Waals surface area contributed by atoms with Crippen LogP contribution in [-0.4, -0.2) is 25.4 Å². The van der Waals surface area contributed by atoms with Crippen LogP contribution in [0.25, 0.3) is 10.9 Å². The summed E-state index contributed by atoms with van der Waals surface area (Å²) in [4.78, 5) is 28.8. The minimum Gasteiger partial charge on any atom is -0.360 e. The minimum absolute atomic E-state index is 0.0261.